The first-order chi connectivity index (χ1) is 12.2. The highest BCUT2D eigenvalue weighted by Gasteiger charge is 2.54. The molecule has 0 aromatic carbocycles. The number of ether oxygens (including phenoxy) is 1. The van der Waals surface area contributed by atoms with Gasteiger partial charge in [-0.15, -0.1) is 11.8 Å². The van der Waals surface area contributed by atoms with E-state index in [1.54, 1.807) is 0 Å². The van der Waals surface area contributed by atoms with Gasteiger partial charge in [0.05, 0.1) is 11.5 Å². The Morgan fingerprint density at radius 3 is 2.56 bits per heavy atom. The van der Waals surface area contributed by atoms with Crippen molar-refractivity contribution in [2.24, 2.45) is 17.8 Å². The minimum atomic E-state index is 0.189. The third kappa shape index (κ3) is 3.76. The van der Waals surface area contributed by atoms with E-state index < -0.39 is 0 Å². The van der Waals surface area contributed by atoms with E-state index in [0.717, 1.165) is 24.4 Å². The lowest BCUT2D eigenvalue weighted by Gasteiger charge is -2.42. The predicted molar refractivity (Wildman–Crippen MR) is 102 cm³/mol. The van der Waals surface area contributed by atoms with Gasteiger partial charge in [-0.3, -0.25) is 10.6 Å². The summed E-state index contributed by atoms with van der Waals surface area (Å²) in [5.41, 5.74) is 0. The summed E-state index contributed by atoms with van der Waals surface area (Å²) >= 11 is 2.15. The molecule has 0 aromatic rings. The van der Waals surface area contributed by atoms with Gasteiger partial charge < -0.3 is 14.7 Å². The topological polar surface area (TPSA) is 56.8 Å². The number of aliphatic hydroxyl groups is 1. The molecule has 0 amide bonds. The molecule has 5 nitrogen and oxygen atoms in total. The van der Waals surface area contributed by atoms with Gasteiger partial charge in [0.15, 0.2) is 0 Å². The molecule has 0 spiro atoms. The van der Waals surface area contributed by atoms with Gasteiger partial charge >= 0.3 is 0 Å². The lowest BCUT2D eigenvalue weighted by Crippen LogP contribution is -2.58. The van der Waals surface area contributed by atoms with Gasteiger partial charge in [-0.05, 0) is 70.9 Å². The van der Waals surface area contributed by atoms with Crippen LogP contribution in [0.25, 0.3) is 0 Å². The molecule has 6 atom stereocenters. The zero-order valence-electron chi connectivity index (χ0n) is 15.7. The van der Waals surface area contributed by atoms with Crippen LogP contribution in [0.1, 0.15) is 44.9 Å². The Morgan fingerprint density at radius 1 is 1.04 bits per heavy atom. The number of nitrogens with zero attached hydrogens (tertiary/aromatic N) is 1. The summed E-state index contributed by atoms with van der Waals surface area (Å²) in [5.74, 6) is 1.93. The van der Waals surface area contributed by atoms with Crippen molar-refractivity contribution in [2.75, 3.05) is 27.4 Å². The van der Waals surface area contributed by atoms with Crippen molar-refractivity contribution in [3.05, 3.63) is 0 Å². The summed E-state index contributed by atoms with van der Waals surface area (Å²) < 4.78 is 6.66. The van der Waals surface area contributed by atoms with Crippen LogP contribution in [0.3, 0.4) is 0 Å². The highest BCUT2D eigenvalue weighted by molar-refractivity contribution is 8.00. The van der Waals surface area contributed by atoms with Crippen molar-refractivity contribution < 1.29 is 9.84 Å². The monoisotopic (exact) mass is 369 g/mol. The van der Waals surface area contributed by atoms with Crippen LogP contribution in [0.5, 0.6) is 0 Å². The van der Waals surface area contributed by atoms with Crippen LogP contribution in [-0.4, -0.2) is 66.4 Å². The van der Waals surface area contributed by atoms with Crippen LogP contribution < -0.4 is 10.6 Å². The molecule has 4 fully saturated rings. The fourth-order valence-corrected chi connectivity index (χ4v) is 7.68. The quantitative estimate of drug-likeness (QED) is 0.687. The van der Waals surface area contributed by atoms with E-state index in [1.807, 2.05) is 0 Å². The second-order valence-corrected chi connectivity index (χ2v) is 10.0. The highest BCUT2D eigenvalue weighted by atomic mass is 32.2. The fraction of sp³-hybridized carbons (Fsp3) is 1.00. The Kier molecular flexibility index (Phi) is 5.94. The number of aliphatic hydroxyl groups excluding tert-OH is 1. The lowest BCUT2D eigenvalue weighted by atomic mass is 9.80. The first kappa shape index (κ1) is 18.5. The molecule has 2 saturated carbocycles. The largest absolute Gasteiger partial charge is 0.396 e. The van der Waals surface area contributed by atoms with Gasteiger partial charge in [0.25, 0.3) is 0 Å². The van der Waals surface area contributed by atoms with E-state index in [1.165, 1.54) is 38.5 Å². The first-order valence-corrected chi connectivity index (χ1v) is 11.2. The SMILES string of the molecule is CN(C)C1CCC(OC2NCNC3SC4CCC(CCO)C4C23)CC1. The molecule has 2 aliphatic carbocycles. The fourth-order valence-electron chi connectivity index (χ4n) is 5.76. The molecule has 2 aliphatic heterocycles. The van der Waals surface area contributed by atoms with Gasteiger partial charge in [0.1, 0.15) is 6.23 Å². The van der Waals surface area contributed by atoms with Crippen molar-refractivity contribution in [3.63, 3.8) is 0 Å². The van der Waals surface area contributed by atoms with E-state index in [9.17, 15) is 5.11 Å². The summed E-state index contributed by atoms with van der Waals surface area (Å²) in [6.07, 6.45) is 9.05. The second-order valence-electron chi connectivity index (χ2n) is 8.64. The standard InChI is InChI=1S/C19H35N3O2S/c1-22(2)13-4-6-14(7-5-13)24-18-17-16-12(9-10-23)3-8-15(16)25-19(17)21-11-20-18/h12-21,23H,3-11H2,1-2H3. The lowest BCUT2D eigenvalue weighted by molar-refractivity contribution is -0.104. The molecule has 144 valence electrons. The Balaban J connectivity index is 1.39. The van der Waals surface area contributed by atoms with Crippen LogP contribution in [-0.2, 0) is 4.74 Å². The summed E-state index contributed by atoms with van der Waals surface area (Å²) in [5, 5.41) is 18.0. The van der Waals surface area contributed by atoms with Crippen molar-refractivity contribution in [2.45, 2.75) is 73.9 Å². The average molecular weight is 370 g/mol. The normalized spacial score (nSPS) is 47.0. The van der Waals surface area contributed by atoms with E-state index in [2.05, 4.69) is 41.4 Å². The van der Waals surface area contributed by atoms with E-state index in [0.29, 0.717) is 35.8 Å². The van der Waals surface area contributed by atoms with Crippen LogP contribution in [0.15, 0.2) is 0 Å². The number of nitrogens with one attached hydrogen (secondary N) is 2. The maximum absolute atomic E-state index is 9.47. The van der Waals surface area contributed by atoms with E-state index in [-0.39, 0.29) is 6.23 Å². The van der Waals surface area contributed by atoms with Crippen molar-refractivity contribution >= 4 is 11.8 Å². The number of fused-ring (bicyclic) bond motifs is 3. The number of rotatable bonds is 5. The van der Waals surface area contributed by atoms with Gasteiger partial charge in [-0.25, -0.2) is 0 Å². The van der Waals surface area contributed by atoms with Crippen LogP contribution in [0.4, 0.5) is 0 Å². The van der Waals surface area contributed by atoms with Gasteiger partial charge in [-0.1, -0.05) is 0 Å². The molecule has 2 heterocycles. The number of hydrogen-bond acceptors (Lipinski definition) is 6. The molecular formula is C19H35N3O2S. The second kappa shape index (κ2) is 8.03. The minimum Gasteiger partial charge on any atom is -0.396 e. The van der Waals surface area contributed by atoms with Crippen molar-refractivity contribution in [1.82, 2.24) is 15.5 Å². The van der Waals surface area contributed by atoms with E-state index >= 15 is 0 Å². The Hall–Kier alpha value is 0.150. The summed E-state index contributed by atoms with van der Waals surface area (Å²) in [6.45, 7) is 1.19. The number of thioether (sulfide) groups is 1. The predicted octanol–water partition coefficient (Wildman–Crippen LogP) is 1.82. The van der Waals surface area contributed by atoms with Gasteiger partial charge in [0, 0.05) is 30.5 Å². The van der Waals surface area contributed by atoms with Gasteiger partial charge in [0.2, 0.25) is 0 Å². The third-order valence-corrected chi connectivity index (χ3v) is 8.75. The maximum atomic E-state index is 9.47. The average Bonchev–Trinajstić information content (AvgIpc) is 3.16. The molecule has 0 bridgehead atoms. The first-order valence-electron chi connectivity index (χ1n) is 10.2. The summed E-state index contributed by atoms with van der Waals surface area (Å²) in [7, 11) is 4.39. The molecule has 25 heavy (non-hydrogen) atoms. The molecule has 6 heteroatoms. The van der Waals surface area contributed by atoms with Gasteiger partial charge in [-0.2, -0.15) is 0 Å². The minimum absolute atomic E-state index is 0.189. The Labute approximate surface area is 156 Å². The molecule has 2 saturated heterocycles. The number of hydrogen-bond donors (Lipinski definition) is 3. The molecule has 0 radical (unpaired) electrons. The third-order valence-electron chi connectivity index (χ3n) is 7.08. The summed E-state index contributed by atoms with van der Waals surface area (Å²) in [4.78, 5) is 2.37. The molecule has 4 aliphatic rings. The molecule has 4 rings (SSSR count). The molecule has 6 unspecified atom stereocenters. The zero-order valence-corrected chi connectivity index (χ0v) is 16.5. The van der Waals surface area contributed by atoms with Crippen molar-refractivity contribution in [3.8, 4) is 0 Å². The maximum Gasteiger partial charge on any atom is 0.114 e. The Bertz CT molecular complexity index is 442. The van der Waals surface area contributed by atoms with Crippen molar-refractivity contribution in [1.29, 1.82) is 0 Å². The van der Waals surface area contributed by atoms with Crippen LogP contribution in [0.2, 0.25) is 0 Å². The summed E-state index contributed by atoms with van der Waals surface area (Å²) in [6, 6.07) is 0.726. The molecule has 3 N–H and O–H groups in total. The van der Waals surface area contributed by atoms with Crippen LogP contribution in [0, 0.1) is 17.8 Å². The highest BCUT2D eigenvalue weighted by Crippen LogP contribution is 2.55. The molecule has 0 aromatic heterocycles. The van der Waals surface area contributed by atoms with E-state index in [4.69, 9.17) is 4.74 Å². The smallest absolute Gasteiger partial charge is 0.114 e. The Morgan fingerprint density at radius 2 is 1.84 bits per heavy atom. The molecular weight excluding hydrogens is 334 g/mol. The zero-order chi connectivity index (χ0) is 17.4. The van der Waals surface area contributed by atoms with Crippen LogP contribution >= 0.6 is 11.8 Å².